The third-order valence-corrected chi connectivity index (χ3v) is 3.38. The highest BCUT2D eigenvalue weighted by molar-refractivity contribution is 5.72. The van der Waals surface area contributed by atoms with Crippen LogP contribution >= 0.6 is 0 Å². The lowest BCUT2D eigenvalue weighted by molar-refractivity contribution is -0.145. The van der Waals surface area contributed by atoms with Gasteiger partial charge in [-0.15, -0.1) is 18.4 Å². The molecule has 1 fully saturated rings. The molecule has 0 bridgehead atoms. The van der Waals surface area contributed by atoms with Crippen LogP contribution in [0.15, 0.2) is 12.7 Å². The second-order valence-electron chi connectivity index (χ2n) is 4.46. The molecule has 0 spiro atoms. The van der Waals surface area contributed by atoms with Crippen LogP contribution in [-0.4, -0.2) is 13.1 Å². The molecule has 1 aliphatic rings. The Labute approximate surface area is 98.1 Å². The molecule has 0 heterocycles. The molecule has 0 radical (unpaired) electrons. The molecule has 2 nitrogen and oxygen atoms in total. The largest absolute Gasteiger partial charge is 0.469 e. The van der Waals surface area contributed by atoms with Gasteiger partial charge >= 0.3 is 5.97 Å². The molecule has 88 valence electrons. The van der Waals surface area contributed by atoms with E-state index in [4.69, 9.17) is 4.74 Å². The van der Waals surface area contributed by atoms with E-state index >= 15 is 0 Å². The lowest BCUT2D eigenvalue weighted by Crippen LogP contribution is -2.17. The number of hydrogen-bond donors (Lipinski definition) is 0. The van der Waals surface area contributed by atoms with E-state index in [2.05, 4.69) is 18.4 Å². The van der Waals surface area contributed by atoms with Crippen LogP contribution in [0.2, 0.25) is 0 Å². The monoisotopic (exact) mass is 220 g/mol. The number of ether oxygens (including phenoxy) is 1. The van der Waals surface area contributed by atoms with Gasteiger partial charge in [-0.05, 0) is 38.0 Å². The summed E-state index contributed by atoms with van der Waals surface area (Å²) in [5.41, 5.74) is 0.311. The lowest BCUT2D eigenvalue weighted by atomic mass is 9.92. The standard InChI is InChI=1S/C14H20O2/c1-4-6-7-12(13(15)16-3)8-9-14(5-2)10-11-14/h5,12H,2,7-11H2,1,3H3. The van der Waals surface area contributed by atoms with E-state index < -0.39 is 0 Å². The summed E-state index contributed by atoms with van der Waals surface area (Å²) in [6, 6.07) is 0. The van der Waals surface area contributed by atoms with Crippen molar-refractivity contribution in [2.45, 2.75) is 39.0 Å². The van der Waals surface area contributed by atoms with Crippen molar-refractivity contribution in [3.05, 3.63) is 12.7 Å². The first-order chi connectivity index (χ1) is 7.67. The van der Waals surface area contributed by atoms with Crippen LogP contribution in [0.5, 0.6) is 0 Å². The van der Waals surface area contributed by atoms with Gasteiger partial charge in [-0.3, -0.25) is 4.79 Å². The van der Waals surface area contributed by atoms with Crippen LogP contribution in [0, 0.1) is 23.2 Å². The van der Waals surface area contributed by atoms with Gasteiger partial charge in [0.2, 0.25) is 0 Å². The van der Waals surface area contributed by atoms with Crippen LogP contribution < -0.4 is 0 Å². The van der Waals surface area contributed by atoms with E-state index in [1.807, 2.05) is 6.08 Å². The zero-order valence-corrected chi connectivity index (χ0v) is 10.2. The Morgan fingerprint density at radius 3 is 2.75 bits per heavy atom. The Morgan fingerprint density at radius 1 is 1.62 bits per heavy atom. The van der Waals surface area contributed by atoms with Crippen molar-refractivity contribution < 1.29 is 9.53 Å². The van der Waals surface area contributed by atoms with E-state index in [1.165, 1.54) is 20.0 Å². The summed E-state index contributed by atoms with van der Waals surface area (Å²) < 4.78 is 4.80. The van der Waals surface area contributed by atoms with E-state index in [1.54, 1.807) is 6.92 Å². The molecule has 0 saturated heterocycles. The van der Waals surface area contributed by atoms with E-state index in [0.717, 1.165) is 12.8 Å². The predicted molar refractivity (Wildman–Crippen MR) is 64.7 cm³/mol. The summed E-state index contributed by atoms with van der Waals surface area (Å²) in [5.74, 6) is 5.58. The van der Waals surface area contributed by atoms with Crippen LogP contribution in [0.4, 0.5) is 0 Å². The average molecular weight is 220 g/mol. The lowest BCUT2D eigenvalue weighted by Gasteiger charge is -2.15. The maximum absolute atomic E-state index is 11.5. The highest BCUT2D eigenvalue weighted by Crippen LogP contribution is 2.51. The summed E-state index contributed by atoms with van der Waals surface area (Å²) in [6.07, 6.45) is 6.95. The Kier molecular flexibility index (Phi) is 4.61. The zero-order chi connectivity index (χ0) is 12.0. The molecule has 1 aliphatic carbocycles. The number of methoxy groups -OCH3 is 1. The van der Waals surface area contributed by atoms with E-state index in [0.29, 0.717) is 11.8 Å². The second kappa shape index (κ2) is 5.75. The molecule has 16 heavy (non-hydrogen) atoms. The molecule has 0 N–H and O–H groups in total. The molecule has 0 amide bonds. The number of esters is 1. The number of hydrogen-bond acceptors (Lipinski definition) is 2. The molecular weight excluding hydrogens is 200 g/mol. The summed E-state index contributed by atoms with van der Waals surface area (Å²) in [4.78, 5) is 11.5. The van der Waals surface area contributed by atoms with Crippen LogP contribution in [0.3, 0.4) is 0 Å². The van der Waals surface area contributed by atoms with Crippen molar-refractivity contribution >= 4 is 5.97 Å². The predicted octanol–water partition coefficient (Wildman–Crippen LogP) is 2.94. The molecule has 1 rings (SSSR count). The molecule has 1 atom stereocenters. The second-order valence-corrected chi connectivity index (χ2v) is 4.46. The maximum Gasteiger partial charge on any atom is 0.309 e. The summed E-state index contributed by atoms with van der Waals surface area (Å²) in [6.45, 7) is 5.65. The normalized spacial score (nSPS) is 17.9. The summed E-state index contributed by atoms with van der Waals surface area (Å²) in [5, 5.41) is 0. The van der Waals surface area contributed by atoms with Gasteiger partial charge in [0.1, 0.15) is 0 Å². The highest BCUT2D eigenvalue weighted by Gasteiger charge is 2.39. The molecule has 1 unspecified atom stereocenters. The van der Waals surface area contributed by atoms with Crippen molar-refractivity contribution in [3.8, 4) is 11.8 Å². The Balaban J connectivity index is 2.45. The van der Waals surface area contributed by atoms with Crippen molar-refractivity contribution in [3.63, 3.8) is 0 Å². The number of rotatable bonds is 6. The van der Waals surface area contributed by atoms with E-state index in [-0.39, 0.29) is 11.9 Å². The molecule has 0 aromatic rings. The average Bonchev–Trinajstić information content (AvgIpc) is 3.09. The third-order valence-electron chi connectivity index (χ3n) is 3.38. The zero-order valence-electron chi connectivity index (χ0n) is 10.2. The fourth-order valence-corrected chi connectivity index (χ4v) is 1.87. The van der Waals surface area contributed by atoms with Crippen molar-refractivity contribution in [2.75, 3.05) is 7.11 Å². The van der Waals surface area contributed by atoms with Gasteiger partial charge in [0.15, 0.2) is 0 Å². The summed E-state index contributed by atoms with van der Waals surface area (Å²) >= 11 is 0. The first-order valence-electron chi connectivity index (χ1n) is 5.78. The van der Waals surface area contributed by atoms with Crippen molar-refractivity contribution in [2.24, 2.45) is 11.3 Å². The number of carbonyl (C=O) groups is 1. The quantitative estimate of drug-likeness (QED) is 0.391. The molecule has 2 heteroatoms. The van der Waals surface area contributed by atoms with Crippen LogP contribution in [-0.2, 0) is 9.53 Å². The molecule has 1 saturated carbocycles. The first kappa shape index (κ1) is 12.8. The van der Waals surface area contributed by atoms with Gasteiger partial charge in [0.05, 0.1) is 13.0 Å². The van der Waals surface area contributed by atoms with Crippen LogP contribution in [0.25, 0.3) is 0 Å². The van der Waals surface area contributed by atoms with Gasteiger partial charge in [-0.25, -0.2) is 0 Å². The fourth-order valence-electron chi connectivity index (χ4n) is 1.87. The van der Waals surface area contributed by atoms with Crippen molar-refractivity contribution in [1.29, 1.82) is 0 Å². The molecule has 0 aromatic heterocycles. The molecular formula is C14H20O2. The highest BCUT2D eigenvalue weighted by atomic mass is 16.5. The van der Waals surface area contributed by atoms with Gasteiger partial charge < -0.3 is 4.74 Å². The first-order valence-corrected chi connectivity index (χ1v) is 5.78. The van der Waals surface area contributed by atoms with Gasteiger partial charge in [-0.1, -0.05) is 6.08 Å². The minimum atomic E-state index is -0.136. The minimum absolute atomic E-state index is 0.0742. The fraction of sp³-hybridized carbons (Fsp3) is 0.643. The van der Waals surface area contributed by atoms with Crippen molar-refractivity contribution in [1.82, 2.24) is 0 Å². The molecule has 0 aliphatic heterocycles. The number of allylic oxidation sites excluding steroid dienone is 1. The van der Waals surface area contributed by atoms with Gasteiger partial charge in [0.25, 0.3) is 0 Å². The maximum atomic E-state index is 11.5. The van der Waals surface area contributed by atoms with Gasteiger partial charge in [0, 0.05) is 6.42 Å². The van der Waals surface area contributed by atoms with Gasteiger partial charge in [-0.2, -0.15) is 0 Å². The topological polar surface area (TPSA) is 26.3 Å². The smallest absolute Gasteiger partial charge is 0.309 e. The van der Waals surface area contributed by atoms with E-state index in [9.17, 15) is 4.79 Å². The summed E-state index contributed by atoms with van der Waals surface area (Å²) in [7, 11) is 1.44. The Morgan fingerprint density at radius 2 is 2.31 bits per heavy atom. The Hall–Kier alpha value is -1.23. The SMILES string of the molecule is C=CC1(CCC(CC#CC)C(=O)OC)CC1. The molecule has 0 aromatic carbocycles. The minimum Gasteiger partial charge on any atom is -0.469 e. The van der Waals surface area contributed by atoms with Crippen LogP contribution in [0.1, 0.15) is 39.0 Å². The third kappa shape index (κ3) is 3.41. The number of carbonyl (C=O) groups excluding carboxylic acids is 1. The Bertz CT molecular complexity index is 315.